The van der Waals surface area contributed by atoms with Crippen molar-refractivity contribution in [3.05, 3.63) is 0 Å². The standard InChI is InChI=1S/C9H15NO.CH4O/c11-5-8-1-3-9(4-2-8)6-10-7-9;1-2/h5,8,10H,1-4,6-7H2;2H,1H3. The first-order valence-corrected chi connectivity index (χ1v) is 4.95. The van der Waals surface area contributed by atoms with Gasteiger partial charge in [0.2, 0.25) is 0 Å². The number of hydrogen-bond acceptors (Lipinski definition) is 3. The summed E-state index contributed by atoms with van der Waals surface area (Å²) in [5, 5.41) is 10.3. The van der Waals surface area contributed by atoms with Gasteiger partial charge >= 0.3 is 0 Å². The minimum absolute atomic E-state index is 0.376. The third-order valence-electron chi connectivity index (χ3n) is 3.28. The quantitative estimate of drug-likeness (QED) is 0.587. The molecule has 13 heavy (non-hydrogen) atoms. The van der Waals surface area contributed by atoms with Crippen molar-refractivity contribution in [2.75, 3.05) is 20.2 Å². The fraction of sp³-hybridized carbons (Fsp3) is 0.900. The number of aliphatic hydroxyl groups excluding tert-OH is 1. The fourth-order valence-corrected chi connectivity index (χ4v) is 2.22. The molecule has 3 nitrogen and oxygen atoms in total. The van der Waals surface area contributed by atoms with E-state index in [2.05, 4.69) is 5.32 Å². The van der Waals surface area contributed by atoms with Gasteiger partial charge in [-0.05, 0) is 31.1 Å². The summed E-state index contributed by atoms with van der Waals surface area (Å²) in [6, 6.07) is 0. The second-order valence-corrected chi connectivity index (χ2v) is 4.08. The molecule has 0 radical (unpaired) electrons. The van der Waals surface area contributed by atoms with Gasteiger partial charge in [0, 0.05) is 26.1 Å². The average molecular weight is 185 g/mol. The molecule has 2 aliphatic rings. The van der Waals surface area contributed by atoms with Crippen LogP contribution in [-0.4, -0.2) is 31.6 Å². The Morgan fingerprint density at radius 2 is 1.85 bits per heavy atom. The van der Waals surface area contributed by atoms with Gasteiger partial charge in [0.25, 0.3) is 0 Å². The Labute approximate surface area is 79.5 Å². The largest absolute Gasteiger partial charge is 0.400 e. The maximum absolute atomic E-state index is 10.5. The highest BCUT2D eigenvalue weighted by Crippen LogP contribution is 2.40. The van der Waals surface area contributed by atoms with Crippen molar-refractivity contribution in [3.8, 4) is 0 Å². The zero-order chi connectivity index (χ0) is 9.73. The van der Waals surface area contributed by atoms with E-state index in [1.165, 1.54) is 25.9 Å². The lowest BCUT2D eigenvalue weighted by Gasteiger charge is -2.46. The SMILES string of the molecule is CO.O=CC1CCC2(CC1)CNC2. The summed E-state index contributed by atoms with van der Waals surface area (Å²) in [7, 11) is 1.00. The van der Waals surface area contributed by atoms with Crippen molar-refractivity contribution < 1.29 is 9.90 Å². The molecule has 1 saturated carbocycles. The number of aliphatic hydroxyl groups is 1. The lowest BCUT2D eigenvalue weighted by molar-refractivity contribution is -0.112. The number of aldehydes is 1. The topological polar surface area (TPSA) is 49.3 Å². The maximum atomic E-state index is 10.5. The molecule has 1 heterocycles. The highest BCUT2D eigenvalue weighted by Gasteiger charge is 2.39. The highest BCUT2D eigenvalue weighted by atomic mass is 16.2. The molecule has 3 heteroatoms. The van der Waals surface area contributed by atoms with Crippen molar-refractivity contribution in [2.45, 2.75) is 25.7 Å². The van der Waals surface area contributed by atoms with Gasteiger partial charge < -0.3 is 15.2 Å². The predicted molar refractivity (Wildman–Crippen MR) is 51.5 cm³/mol. The molecule has 1 spiro atoms. The van der Waals surface area contributed by atoms with Crippen LogP contribution in [0.15, 0.2) is 0 Å². The van der Waals surface area contributed by atoms with Gasteiger partial charge in [-0.1, -0.05) is 0 Å². The zero-order valence-corrected chi connectivity index (χ0v) is 8.25. The molecule has 0 bridgehead atoms. The summed E-state index contributed by atoms with van der Waals surface area (Å²) in [4.78, 5) is 10.5. The number of carbonyl (C=O) groups excluding carboxylic acids is 1. The lowest BCUT2D eigenvalue weighted by Crippen LogP contribution is -2.54. The third kappa shape index (κ3) is 2.29. The van der Waals surface area contributed by atoms with Crippen molar-refractivity contribution >= 4 is 6.29 Å². The first-order chi connectivity index (χ1) is 6.35. The van der Waals surface area contributed by atoms with Gasteiger partial charge in [-0.25, -0.2) is 0 Å². The van der Waals surface area contributed by atoms with Gasteiger partial charge in [-0.3, -0.25) is 0 Å². The Bertz CT molecular complexity index is 156. The van der Waals surface area contributed by atoms with Crippen molar-refractivity contribution in [2.24, 2.45) is 11.3 Å². The van der Waals surface area contributed by atoms with Crippen LogP contribution in [0.25, 0.3) is 0 Å². The van der Waals surface area contributed by atoms with E-state index in [0.717, 1.165) is 26.2 Å². The molecule has 76 valence electrons. The van der Waals surface area contributed by atoms with Crippen molar-refractivity contribution in [1.82, 2.24) is 5.32 Å². The Kier molecular flexibility index (Phi) is 3.88. The average Bonchev–Trinajstić information content (AvgIpc) is 2.19. The van der Waals surface area contributed by atoms with Crippen LogP contribution >= 0.6 is 0 Å². The summed E-state index contributed by atoms with van der Waals surface area (Å²) in [5.41, 5.74) is 0.611. The van der Waals surface area contributed by atoms with Gasteiger partial charge in [-0.2, -0.15) is 0 Å². The molecule has 0 aromatic carbocycles. The van der Waals surface area contributed by atoms with Crippen LogP contribution in [0.2, 0.25) is 0 Å². The van der Waals surface area contributed by atoms with Crippen LogP contribution in [0, 0.1) is 11.3 Å². The van der Waals surface area contributed by atoms with E-state index in [9.17, 15) is 4.79 Å². The molecule has 1 aliphatic heterocycles. The second-order valence-electron chi connectivity index (χ2n) is 4.08. The number of carbonyl (C=O) groups is 1. The monoisotopic (exact) mass is 185 g/mol. The van der Waals surface area contributed by atoms with Crippen LogP contribution < -0.4 is 5.32 Å². The van der Waals surface area contributed by atoms with Crippen LogP contribution in [0.1, 0.15) is 25.7 Å². The van der Waals surface area contributed by atoms with E-state index in [4.69, 9.17) is 5.11 Å². The summed E-state index contributed by atoms with van der Waals surface area (Å²) in [6.07, 6.45) is 5.93. The Morgan fingerprint density at radius 1 is 1.31 bits per heavy atom. The van der Waals surface area contributed by atoms with Crippen molar-refractivity contribution in [3.63, 3.8) is 0 Å². The van der Waals surface area contributed by atoms with Crippen molar-refractivity contribution in [1.29, 1.82) is 0 Å². The first-order valence-electron chi connectivity index (χ1n) is 4.95. The number of hydrogen-bond donors (Lipinski definition) is 2. The van der Waals surface area contributed by atoms with E-state index in [0.29, 0.717) is 11.3 Å². The Morgan fingerprint density at radius 3 is 2.15 bits per heavy atom. The Balaban J connectivity index is 0.000000396. The molecule has 0 unspecified atom stereocenters. The predicted octanol–water partition coefficient (Wildman–Crippen LogP) is 0.574. The van der Waals surface area contributed by atoms with Gasteiger partial charge in [-0.15, -0.1) is 0 Å². The minimum Gasteiger partial charge on any atom is -0.400 e. The van der Waals surface area contributed by atoms with Crippen LogP contribution in [0.5, 0.6) is 0 Å². The molecule has 1 saturated heterocycles. The summed E-state index contributed by atoms with van der Waals surface area (Å²) in [5.74, 6) is 0.376. The highest BCUT2D eigenvalue weighted by molar-refractivity contribution is 5.53. The smallest absolute Gasteiger partial charge is 0.123 e. The first kappa shape index (κ1) is 10.7. The van der Waals surface area contributed by atoms with Gasteiger partial charge in [0.1, 0.15) is 6.29 Å². The molecule has 2 fully saturated rings. The van der Waals surface area contributed by atoms with E-state index >= 15 is 0 Å². The molecule has 0 aromatic rings. The van der Waals surface area contributed by atoms with Gasteiger partial charge in [0.05, 0.1) is 0 Å². The molecule has 2 rings (SSSR count). The number of rotatable bonds is 1. The zero-order valence-electron chi connectivity index (χ0n) is 8.25. The van der Waals surface area contributed by atoms with Crippen LogP contribution in [0.3, 0.4) is 0 Å². The Hall–Kier alpha value is -0.410. The molecular formula is C10H19NO2. The summed E-state index contributed by atoms with van der Waals surface area (Å²) >= 11 is 0. The molecule has 0 aromatic heterocycles. The maximum Gasteiger partial charge on any atom is 0.123 e. The molecule has 1 aliphatic carbocycles. The second kappa shape index (κ2) is 4.72. The van der Waals surface area contributed by atoms with Crippen LogP contribution in [0.4, 0.5) is 0 Å². The van der Waals surface area contributed by atoms with E-state index in [-0.39, 0.29) is 0 Å². The molecule has 0 atom stereocenters. The van der Waals surface area contributed by atoms with E-state index in [1.807, 2.05) is 0 Å². The summed E-state index contributed by atoms with van der Waals surface area (Å²) < 4.78 is 0. The lowest BCUT2D eigenvalue weighted by atomic mass is 9.67. The number of nitrogens with one attached hydrogen (secondary N) is 1. The van der Waals surface area contributed by atoms with Crippen LogP contribution in [-0.2, 0) is 4.79 Å². The van der Waals surface area contributed by atoms with E-state index < -0.39 is 0 Å². The molecule has 2 N–H and O–H groups in total. The third-order valence-corrected chi connectivity index (χ3v) is 3.28. The van der Waals surface area contributed by atoms with Gasteiger partial charge in [0.15, 0.2) is 0 Å². The normalized spacial score (nSPS) is 25.7. The molecular weight excluding hydrogens is 166 g/mol. The minimum atomic E-state index is 0.376. The summed E-state index contributed by atoms with van der Waals surface area (Å²) in [6.45, 7) is 2.39. The van der Waals surface area contributed by atoms with E-state index in [1.54, 1.807) is 0 Å². The fourth-order valence-electron chi connectivity index (χ4n) is 2.22. The molecule has 0 amide bonds.